The number of aliphatic hydroxyl groups is 1. The molecule has 8 heteroatoms. The quantitative estimate of drug-likeness (QED) is 0.551. The molecule has 0 heterocycles. The molecule has 0 saturated carbocycles. The van der Waals surface area contributed by atoms with Gasteiger partial charge in [0.2, 0.25) is 5.91 Å². The van der Waals surface area contributed by atoms with Crippen LogP contribution in [-0.2, 0) is 20.9 Å². The highest BCUT2D eigenvalue weighted by Crippen LogP contribution is 2.05. The molecule has 0 fully saturated rings. The van der Waals surface area contributed by atoms with Crippen LogP contribution >= 0.6 is 0 Å². The zero-order chi connectivity index (χ0) is 19.0. The largest absolute Gasteiger partial charge is 0.480 e. The van der Waals surface area contributed by atoms with Crippen molar-refractivity contribution in [2.24, 2.45) is 5.92 Å². The number of amides is 2. The van der Waals surface area contributed by atoms with Crippen LogP contribution in [0.15, 0.2) is 30.3 Å². The summed E-state index contributed by atoms with van der Waals surface area (Å²) in [5.74, 6) is -2.35. The van der Waals surface area contributed by atoms with E-state index in [1.54, 1.807) is 38.1 Å². The van der Waals surface area contributed by atoms with E-state index in [0.717, 1.165) is 5.56 Å². The number of alkyl carbamates (subject to hydrolysis) is 1. The maximum absolute atomic E-state index is 12.2. The van der Waals surface area contributed by atoms with Crippen molar-refractivity contribution in [3.8, 4) is 0 Å². The van der Waals surface area contributed by atoms with E-state index in [9.17, 15) is 19.5 Å². The van der Waals surface area contributed by atoms with Gasteiger partial charge in [-0.2, -0.15) is 0 Å². The SMILES string of the molecule is CC(C)[C@@H](NC(=O)[C@@H](NC(=O)OCc1ccccc1)[C@@H](C)O)C(=O)O. The highest BCUT2D eigenvalue weighted by atomic mass is 16.5. The number of ether oxygens (including phenoxy) is 1. The maximum Gasteiger partial charge on any atom is 0.408 e. The van der Waals surface area contributed by atoms with Crippen LogP contribution in [-0.4, -0.2) is 46.4 Å². The summed E-state index contributed by atoms with van der Waals surface area (Å²) in [4.78, 5) is 35.2. The summed E-state index contributed by atoms with van der Waals surface area (Å²) in [6, 6.07) is 6.49. The summed E-state index contributed by atoms with van der Waals surface area (Å²) in [6.45, 7) is 4.59. The molecule has 8 nitrogen and oxygen atoms in total. The van der Waals surface area contributed by atoms with E-state index in [4.69, 9.17) is 9.84 Å². The summed E-state index contributed by atoms with van der Waals surface area (Å²) in [5, 5.41) is 23.4. The highest BCUT2D eigenvalue weighted by Gasteiger charge is 2.31. The van der Waals surface area contributed by atoms with Gasteiger partial charge in [0, 0.05) is 0 Å². The minimum atomic E-state index is -1.33. The van der Waals surface area contributed by atoms with Crippen molar-refractivity contribution in [2.45, 2.75) is 45.6 Å². The van der Waals surface area contributed by atoms with Crippen LogP contribution in [0.1, 0.15) is 26.3 Å². The predicted molar refractivity (Wildman–Crippen MR) is 89.6 cm³/mol. The second-order valence-electron chi connectivity index (χ2n) is 5.99. The number of hydrogen-bond acceptors (Lipinski definition) is 5. The number of aliphatic hydroxyl groups excluding tert-OH is 1. The van der Waals surface area contributed by atoms with E-state index in [0.29, 0.717) is 0 Å². The minimum Gasteiger partial charge on any atom is -0.480 e. The average Bonchev–Trinajstić information content (AvgIpc) is 2.55. The first-order chi connectivity index (χ1) is 11.7. The molecule has 1 aromatic carbocycles. The molecule has 3 atom stereocenters. The number of carboxylic acids is 1. The zero-order valence-corrected chi connectivity index (χ0v) is 14.4. The van der Waals surface area contributed by atoms with Crippen molar-refractivity contribution < 1.29 is 29.3 Å². The molecule has 138 valence electrons. The van der Waals surface area contributed by atoms with Gasteiger partial charge in [-0.3, -0.25) is 4.79 Å². The van der Waals surface area contributed by atoms with Gasteiger partial charge in [0.05, 0.1) is 6.10 Å². The molecule has 4 N–H and O–H groups in total. The van der Waals surface area contributed by atoms with Crippen LogP contribution in [0, 0.1) is 5.92 Å². The molecule has 0 spiro atoms. The smallest absolute Gasteiger partial charge is 0.408 e. The molecular weight excluding hydrogens is 328 g/mol. The number of carbonyl (C=O) groups is 3. The Morgan fingerprint density at radius 3 is 2.12 bits per heavy atom. The number of benzene rings is 1. The average molecular weight is 352 g/mol. The number of aliphatic carboxylic acids is 1. The summed E-state index contributed by atoms with van der Waals surface area (Å²) >= 11 is 0. The standard InChI is InChI=1S/C17H24N2O6/c1-10(2)13(16(22)23)18-15(21)14(11(3)20)19-17(24)25-9-12-7-5-4-6-8-12/h4-8,10-11,13-14,20H,9H2,1-3H3,(H,18,21)(H,19,24)(H,22,23)/t11-,13-,14+/m1/s1. The molecule has 0 saturated heterocycles. The minimum absolute atomic E-state index is 0.00453. The Bertz CT molecular complexity index is 588. The van der Waals surface area contributed by atoms with Gasteiger partial charge >= 0.3 is 12.1 Å². The second-order valence-corrected chi connectivity index (χ2v) is 5.99. The van der Waals surface area contributed by atoms with Crippen LogP contribution in [0.25, 0.3) is 0 Å². The Hall–Kier alpha value is -2.61. The third kappa shape index (κ3) is 6.80. The fraction of sp³-hybridized carbons (Fsp3) is 0.471. The Morgan fingerprint density at radius 2 is 1.64 bits per heavy atom. The van der Waals surface area contributed by atoms with E-state index in [2.05, 4.69) is 10.6 Å². The van der Waals surface area contributed by atoms with Crippen molar-refractivity contribution in [3.05, 3.63) is 35.9 Å². The molecule has 0 aliphatic heterocycles. The first-order valence-corrected chi connectivity index (χ1v) is 7.90. The molecule has 0 bridgehead atoms. The first kappa shape index (κ1) is 20.4. The molecule has 1 aromatic rings. The van der Waals surface area contributed by atoms with Crippen LogP contribution in [0.5, 0.6) is 0 Å². The molecule has 0 aromatic heterocycles. The van der Waals surface area contributed by atoms with Crippen LogP contribution in [0.3, 0.4) is 0 Å². The molecule has 0 aliphatic rings. The summed E-state index contributed by atoms with van der Waals surface area (Å²) in [6.07, 6.45) is -2.12. The summed E-state index contributed by atoms with van der Waals surface area (Å²) < 4.78 is 5.00. The second kappa shape index (κ2) is 9.63. The Labute approximate surface area is 146 Å². The van der Waals surface area contributed by atoms with Crippen molar-refractivity contribution in [3.63, 3.8) is 0 Å². The van der Waals surface area contributed by atoms with E-state index >= 15 is 0 Å². The van der Waals surface area contributed by atoms with E-state index < -0.39 is 36.2 Å². The van der Waals surface area contributed by atoms with Crippen LogP contribution in [0.4, 0.5) is 4.79 Å². The van der Waals surface area contributed by atoms with Gasteiger partial charge < -0.3 is 25.6 Å². The molecule has 1 rings (SSSR count). The topological polar surface area (TPSA) is 125 Å². The number of carbonyl (C=O) groups excluding carboxylic acids is 2. The Morgan fingerprint density at radius 1 is 1.04 bits per heavy atom. The fourth-order valence-electron chi connectivity index (χ4n) is 2.05. The molecule has 25 heavy (non-hydrogen) atoms. The molecule has 0 unspecified atom stereocenters. The van der Waals surface area contributed by atoms with Gasteiger partial charge in [0.15, 0.2) is 0 Å². The zero-order valence-electron chi connectivity index (χ0n) is 14.4. The van der Waals surface area contributed by atoms with Crippen LogP contribution in [0.2, 0.25) is 0 Å². The lowest BCUT2D eigenvalue weighted by Gasteiger charge is -2.24. The van der Waals surface area contributed by atoms with Gasteiger partial charge in [0.1, 0.15) is 18.7 Å². The van der Waals surface area contributed by atoms with Gasteiger partial charge in [0.25, 0.3) is 0 Å². The highest BCUT2D eigenvalue weighted by molar-refractivity contribution is 5.89. The van der Waals surface area contributed by atoms with Crippen molar-refractivity contribution >= 4 is 18.0 Å². The van der Waals surface area contributed by atoms with E-state index in [-0.39, 0.29) is 12.5 Å². The van der Waals surface area contributed by atoms with E-state index in [1.807, 2.05) is 6.07 Å². The van der Waals surface area contributed by atoms with E-state index in [1.165, 1.54) is 6.92 Å². The van der Waals surface area contributed by atoms with Crippen LogP contribution < -0.4 is 10.6 Å². The lowest BCUT2D eigenvalue weighted by molar-refractivity contribution is -0.143. The van der Waals surface area contributed by atoms with Gasteiger partial charge in [-0.25, -0.2) is 9.59 Å². The lowest BCUT2D eigenvalue weighted by Crippen LogP contribution is -2.56. The first-order valence-electron chi connectivity index (χ1n) is 7.90. The van der Waals surface area contributed by atoms with Gasteiger partial charge in [-0.15, -0.1) is 0 Å². The molecule has 2 amide bonds. The maximum atomic E-state index is 12.2. The Kier molecular flexibility index (Phi) is 7.87. The monoisotopic (exact) mass is 352 g/mol. The van der Waals surface area contributed by atoms with Gasteiger partial charge in [-0.1, -0.05) is 44.2 Å². The fourth-order valence-corrected chi connectivity index (χ4v) is 2.05. The summed E-state index contributed by atoms with van der Waals surface area (Å²) in [5.41, 5.74) is 0.765. The molecule has 0 radical (unpaired) electrons. The van der Waals surface area contributed by atoms with Crippen molar-refractivity contribution in [2.75, 3.05) is 0 Å². The molecule has 0 aliphatic carbocycles. The predicted octanol–water partition coefficient (Wildman–Crippen LogP) is 0.888. The third-order valence-corrected chi connectivity index (χ3v) is 3.48. The lowest BCUT2D eigenvalue weighted by atomic mass is 10.0. The van der Waals surface area contributed by atoms with Crippen molar-refractivity contribution in [1.29, 1.82) is 0 Å². The number of carboxylic acid groups (broad SMARTS) is 1. The summed E-state index contributed by atoms with van der Waals surface area (Å²) in [7, 11) is 0. The third-order valence-electron chi connectivity index (χ3n) is 3.48. The number of nitrogens with one attached hydrogen (secondary N) is 2. The van der Waals surface area contributed by atoms with Gasteiger partial charge in [-0.05, 0) is 18.4 Å². The number of rotatable bonds is 8. The normalized spacial score (nSPS) is 14.3. The van der Waals surface area contributed by atoms with Crippen molar-refractivity contribution in [1.82, 2.24) is 10.6 Å². The Balaban J connectivity index is 2.64. The number of hydrogen-bond donors (Lipinski definition) is 4. The molecular formula is C17H24N2O6.